The van der Waals surface area contributed by atoms with Crippen molar-refractivity contribution in [2.24, 2.45) is 0 Å². The van der Waals surface area contributed by atoms with Gasteiger partial charge < -0.3 is 14.9 Å². The van der Waals surface area contributed by atoms with Crippen LogP contribution in [0.2, 0.25) is 18.1 Å². The SMILES string of the molecule is Cc1cccc(C2COc3cc(O[Si](C)(C)C(C)(C)C)ccc3C2c2ccc(N)cc2)c1. The first kappa shape index (κ1) is 22.5. The maximum Gasteiger partial charge on any atom is 0.250 e. The molecule has 0 saturated carbocycles. The molecule has 0 aromatic heterocycles. The van der Waals surface area contributed by atoms with Gasteiger partial charge >= 0.3 is 0 Å². The maximum absolute atomic E-state index is 6.56. The van der Waals surface area contributed by atoms with Crippen LogP contribution in [0.3, 0.4) is 0 Å². The third kappa shape index (κ3) is 4.42. The normalized spacial score (nSPS) is 18.6. The highest BCUT2D eigenvalue weighted by Gasteiger charge is 2.39. The lowest BCUT2D eigenvalue weighted by Crippen LogP contribution is -2.43. The lowest BCUT2D eigenvalue weighted by Gasteiger charge is -2.38. The number of hydrogen-bond donors (Lipinski definition) is 1. The predicted molar refractivity (Wildman–Crippen MR) is 136 cm³/mol. The summed E-state index contributed by atoms with van der Waals surface area (Å²) in [5.41, 5.74) is 11.8. The Bertz CT molecular complexity index is 1100. The van der Waals surface area contributed by atoms with Crippen LogP contribution in [0.4, 0.5) is 5.69 Å². The highest BCUT2D eigenvalue weighted by atomic mass is 28.4. The molecule has 1 aliphatic heterocycles. The molecule has 2 N–H and O–H groups in total. The van der Waals surface area contributed by atoms with E-state index < -0.39 is 8.32 Å². The number of hydrogen-bond acceptors (Lipinski definition) is 3. The second-order valence-electron chi connectivity index (χ2n) is 10.5. The molecule has 0 aliphatic carbocycles. The fraction of sp³-hybridized carbons (Fsp3) is 0.357. The average molecular weight is 446 g/mol. The van der Waals surface area contributed by atoms with Crippen molar-refractivity contribution in [3.63, 3.8) is 0 Å². The van der Waals surface area contributed by atoms with E-state index in [1.54, 1.807) is 0 Å². The fourth-order valence-corrected chi connectivity index (χ4v) is 5.23. The minimum atomic E-state index is -1.92. The highest BCUT2D eigenvalue weighted by Crippen LogP contribution is 2.48. The molecule has 0 radical (unpaired) electrons. The summed E-state index contributed by atoms with van der Waals surface area (Å²) in [4.78, 5) is 0. The van der Waals surface area contributed by atoms with Crippen molar-refractivity contribution in [1.29, 1.82) is 0 Å². The van der Waals surface area contributed by atoms with Crippen molar-refractivity contribution in [1.82, 2.24) is 0 Å². The molecule has 4 rings (SSSR count). The van der Waals surface area contributed by atoms with Gasteiger partial charge in [0.2, 0.25) is 8.32 Å². The van der Waals surface area contributed by atoms with E-state index in [-0.39, 0.29) is 16.9 Å². The molecular formula is C28H35NO2Si. The second-order valence-corrected chi connectivity index (χ2v) is 15.3. The van der Waals surface area contributed by atoms with E-state index in [1.165, 1.54) is 22.3 Å². The van der Waals surface area contributed by atoms with E-state index in [0.29, 0.717) is 6.61 Å². The quantitative estimate of drug-likeness (QED) is 0.339. The number of anilines is 1. The Balaban J connectivity index is 1.76. The predicted octanol–water partition coefficient (Wildman–Crippen LogP) is 7.27. The van der Waals surface area contributed by atoms with E-state index >= 15 is 0 Å². The van der Waals surface area contributed by atoms with Gasteiger partial charge in [-0.3, -0.25) is 0 Å². The van der Waals surface area contributed by atoms with Gasteiger partial charge in [0.1, 0.15) is 11.5 Å². The number of rotatable bonds is 4. The summed E-state index contributed by atoms with van der Waals surface area (Å²) in [6.07, 6.45) is 0. The van der Waals surface area contributed by atoms with Crippen molar-refractivity contribution in [3.8, 4) is 11.5 Å². The Labute approximate surface area is 193 Å². The average Bonchev–Trinajstić information content (AvgIpc) is 2.72. The Hall–Kier alpha value is -2.72. The summed E-state index contributed by atoms with van der Waals surface area (Å²) in [6, 6.07) is 23.5. The van der Waals surface area contributed by atoms with Gasteiger partial charge in [0.05, 0.1) is 6.61 Å². The minimum Gasteiger partial charge on any atom is -0.543 e. The molecule has 1 heterocycles. The molecule has 3 nitrogen and oxygen atoms in total. The number of nitrogens with two attached hydrogens (primary N) is 1. The van der Waals surface area contributed by atoms with E-state index in [1.807, 2.05) is 12.1 Å². The van der Waals surface area contributed by atoms with Crippen LogP contribution in [0.5, 0.6) is 11.5 Å². The first-order valence-electron chi connectivity index (χ1n) is 11.4. The summed E-state index contributed by atoms with van der Waals surface area (Å²) in [5.74, 6) is 2.26. The van der Waals surface area contributed by atoms with E-state index in [2.05, 4.69) is 95.4 Å². The van der Waals surface area contributed by atoms with Gasteiger partial charge in [-0.05, 0) is 54.4 Å². The van der Waals surface area contributed by atoms with Crippen LogP contribution >= 0.6 is 0 Å². The summed E-state index contributed by atoms with van der Waals surface area (Å²) < 4.78 is 12.9. The number of fused-ring (bicyclic) bond motifs is 1. The summed E-state index contributed by atoms with van der Waals surface area (Å²) in [5, 5.41) is 0.145. The molecular weight excluding hydrogens is 410 g/mol. The van der Waals surface area contributed by atoms with Crippen LogP contribution in [0, 0.1) is 6.92 Å². The zero-order valence-corrected chi connectivity index (χ0v) is 21.1. The largest absolute Gasteiger partial charge is 0.543 e. The Kier molecular flexibility index (Phi) is 5.84. The van der Waals surface area contributed by atoms with Gasteiger partial charge in [-0.15, -0.1) is 0 Å². The van der Waals surface area contributed by atoms with Gasteiger partial charge in [-0.2, -0.15) is 0 Å². The van der Waals surface area contributed by atoms with Gasteiger partial charge in [-0.25, -0.2) is 0 Å². The van der Waals surface area contributed by atoms with Gasteiger partial charge in [0.25, 0.3) is 0 Å². The first-order valence-corrected chi connectivity index (χ1v) is 14.3. The lowest BCUT2D eigenvalue weighted by molar-refractivity contribution is 0.248. The molecule has 168 valence electrons. The molecule has 2 unspecified atom stereocenters. The molecule has 3 aromatic rings. The van der Waals surface area contributed by atoms with Gasteiger partial charge in [-0.1, -0.05) is 68.8 Å². The third-order valence-electron chi connectivity index (χ3n) is 7.09. The fourth-order valence-electron chi connectivity index (χ4n) is 4.21. The van der Waals surface area contributed by atoms with Crippen LogP contribution in [-0.2, 0) is 0 Å². The highest BCUT2D eigenvalue weighted by molar-refractivity contribution is 6.74. The molecule has 3 aromatic carbocycles. The van der Waals surface area contributed by atoms with Crippen molar-refractivity contribution in [2.75, 3.05) is 12.3 Å². The topological polar surface area (TPSA) is 44.5 Å². The summed E-state index contributed by atoms with van der Waals surface area (Å²) in [6.45, 7) is 14.1. The second kappa shape index (κ2) is 8.32. The van der Waals surface area contributed by atoms with Crippen LogP contribution < -0.4 is 14.9 Å². The molecule has 0 spiro atoms. The standard InChI is InChI=1S/C28H35NO2Si/c1-19-8-7-9-21(16-19)25-18-30-26-17-23(31-32(5,6)28(2,3)4)14-15-24(26)27(25)20-10-12-22(29)13-11-20/h7-17,25,27H,18,29H2,1-6H3. The zero-order valence-electron chi connectivity index (χ0n) is 20.1. The van der Waals surface area contributed by atoms with Crippen LogP contribution in [0.1, 0.15) is 54.9 Å². The van der Waals surface area contributed by atoms with Gasteiger partial charge in [0, 0.05) is 29.2 Å². The molecule has 0 saturated heterocycles. The van der Waals surface area contributed by atoms with Crippen LogP contribution in [0.25, 0.3) is 0 Å². The molecule has 32 heavy (non-hydrogen) atoms. The third-order valence-corrected chi connectivity index (χ3v) is 11.4. The number of ether oxygens (including phenoxy) is 1. The minimum absolute atomic E-state index is 0.145. The summed E-state index contributed by atoms with van der Waals surface area (Å²) >= 11 is 0. The lowest BCUT2D eigenvalue weighted by atomic mass is 9.75. The van der Waals surface area contributed by atoms with Crippen molar-refractivity contribution >= 4 is 14.0 Å². The Morgan fingerprint density at radius 3 is 2.31 bits per heavy atom. The number of nitrogen functional groups attached to an aromatic ring is 1. The molecule has 1 aliphatic rings. The Morgan fingerprint density at radius 1 is 0.938 bits per heavy atom. The van der Waals surface area contributed by atoms with Crippen LogP contribution in [0.15, 0.2) is 66.7 Å². The van der Waals surface area contributed by atoms with E-state index in [0.717, 1.165) is 17.2 Å². The first-order chi connectivity index (χ1) is 15.0. The Morgan fingerprint density at radius 2 is 1.66 bits per heavy atom. The van der Waals surface area contributed by atoms with Gasteiger partial charge in [0.15, 0.2) is 0 Å². The zero-order chi connectivity index (χ0) is 23.1. The maximum atomic E-state index is 6.56. The van der Waals surface area contributed by atoms with Crippen molar-refractivity contribution in [2.45, 2.75) is 57.7 Å². The molecule has 0 fully saturated rings. The monoisotopic (exact) mass is 445 g/mol. The number of aryl methyl sites for hydroxylation is 1. The number of benzene rings is 3. The van der Waals surface area contributed by atoms with Crippen molar-refractivity contribution in [3.05, 3.63) is 89.0 Å². The molecule has 0 bridgehead atoms. The van der Waals surface area contributed by atoms with Crippen molar-refractivity contribution < 1.29 is 9.16 Å². The van der Waals surface area contributed by atoms with E-state index in [4.69, 9.17) is 14.9 Å². The molecule has 2 atom stereocenters. The molecule has 4 heteroatoms. The smallest absolute Gasteiger partial charge is 0.250 e. The van der Waals surface area contributed by atoms with Crippen LogP contribution in [-0.4, -0.2) is 14.9 Å². The van der Waals surface area contributed by atoms with E-state index in [9.17, 15) is 0 Å². The molecule has 0 amide bonds. The summed E-state index contributed by atoms with van der Waals surface area (Å²) in [7, 11) is -1.92.